The van der Waals surface area contributed by atoms with Crippen LogP contribution in [0.5, 0.6) is 17.2 Å². The minimum Gasteiger partial charge on any atom is -0.507 e. The molecule has 7 atom stereocenters. The number of fused-ring (bicyclic) bond motifs is 3. The van der Waals surface area contributed by atoms with E-state index in [2.05, 4.69) is 0 Å². The number of ether oxygens (including phenoxy) is 5. The largest absolute Gasteiger partial charge is 0.507 e. The lowest BCUT2D eigenvalue weighted by Crippen LogP contribution is -2.55. The van der Waals surface area contributed by atoms with E-state index in [1.807, 2.05) is 0 Å². The van der Waals surface area contributed by atoms with Gasteiger partial charge < -0.3 is 49.8 Å². The number of methoxy groups -OCH3 is 1. The van der Waals surface area contributed by atoms with Crippen molar-refractivity contribution in [1.29, 1.82) is 0 Å². The van der Waals surface area contributed by atoms with E-state index < -0.39 is 102 Å². The summed E-state index contributed by atoms with van der Waals surface area (Å²) in [6.45, 7) is 1.35. The highest BCUT2D eigenvalue weighted by Crippen LogP contribution is 2.52. The van der Waals surface area contributed by atoms with Crippen LogP contribution >= 0.6 is 0 Å². The van der Waals surface area contributed by atoms with Gasteiger partial charge in [-0.25, -0.2) is 0 Å². The predicted octanol–water partition coefficient (Wildman–Crippen LogP) is 1.55. The Morgan fingerprint density at radius 2 is 1.82 bits per heavy atom. The summed E-state index contributed by atoms with van der Waals surface area (Å²) in [6, 6.07) is 3.86. The Kier molecular flexibility index (Phi) is 8.46. The Morgan fingerprint density at radius 3 is 2.49 bits per heavy atom. The third-order valence-corrected chi connectivity index (χ3v) is 9.22. The number of carbonyl (C=O) groups excluding carboxylic acids is 3. The van der Waals surface area contributed by atoms with Crippen molar-refractivity contribution in [1.82, 2.24) is 0 Å². The Balaban J connectivity index is 1.38. The van der Waals surface area contributed by atoms with Crippen molar-refractivity contribution in [2.24, 2.45) is 5.73 Å². The summed E-state index contributed by atoms with van der Waals surface area (Å²) in [7, 11) is 1.34. The van der Waals surface area contributed by atoms with Gasteiger partial charge in [0.15, 0.2) is 24.1 Å². The number of nitrogens with two attached hydrogens (primary N) is 1. The summed E-state index contributed by atoms with van der Waals surface area (Å²) in [6.07, 6.45) is -2.03. The lowest BCUT2D eigenvalue weighted by atomic mass is 9.72. The van der Waals surface area contributed by atoms with Crippen LogP contribution in [-0.2, 0) is 30.2 Å². The standard InChI is InChI=1S/C32H37NO12/c1-14-31(45-21-8-3-4-9-42-21)17(33)10-22(43-14)44-19-12-32(40,20(35)13-34)11-16-24(19)30(39)26-25(28(16)37)27(36)15-6-5-7-18(41-2)23(15)29(26)38/h5-7,14,17,19,21-22,31,34,37,39-40H,3-4,8-13,33H2,1-2H3/t14?,17?,19-,21+,22-,31?,32-/m0/s1. The number of hydrogen-bond acceptors (Lipinski definition) is 13. The second kappa shape index (κ2) is 12.1. The number of benzene rings is 2. The smallest absolute Gasteiger partial charge is 0.202 e. The Labute approximate surface area is 258 Å². The molecule has 6 N–H and O–H groups in total. The molecular weight excluding hydrogens is 590 g/mol. The zero-order valence-electron chi connectivity index (χ0n) is 25.0. The number of phenolic OH excluding ortho intramolecular Hbond substituents is 2. The molecule has 2 fully saturated rings. The first-order chi connectivity index (χ1) is 21.5. The van der Waals surface area contributed by atoms with Gasteiger partial charge in [0.25, 0.3) is 0 Å². The average molecular weight is 628 g/mol. The molecule has 6 rings (SSSR count). The molecule has 0 amide bonds. The minimum absolute atomic E-state index is 0.0409. The third kappa shape index (κ3) is 5.31. The van der Waals surface area contributed by atoms with Crippen molar-refractivity contribution < 1.29 is 58.5 Å². The Morgan fingerprint density at radius 1 is 1.07 bits per heavy atom. The Bertz CT molecular complexity index is 1520. The van der Waals surface area contributed by atoms with Crippen molar-refractivity contribution >= 4 is 17.3 Å². The molecule has 4 aliphatic rings. The first kappa shape index (κ1) is 31.5. The lowest BCUT2D eigenvalue weighted by Gasteiger charge is -2.43. The van der Waals surface area contributed by atoms with E-state index >= 15 is 0 Å². The highest BCUT2D eigenvalue weighted by Gasteiger charge is 2.50. The molecule has 2 aromatic carbocycles. The van der Waals surface area contributed by atoms with Gasteiger partial charge in [0.2, 0.25) is 5.78 Å². The summed E-state index contributed by atoms with van der Waals surface area (Å²) in [5.41, 5.74) is 2.98. The molecule has 242 valence electrons. The van der Waals surface area contributed by atoms with E-state index in [0.717, 1.165) is 19.3 Å². The third-order valence-electron chi connectivity index (χ3n) is 9.22. The quantitative estimate of drug-likeness (QED) is 0.236. The number of carbonyl (C=O) groups is 3. The maximum absolute atomic E-state index is 13.8. The number of aliphatic hydroxyl groups is 2. The van der Waals surface area contributed by atoms with Gasteiger partial charge in [-0.3, -0.25) is 14.4 Å². The predicted molar refractivity (Wildman–Crippen MR) is 154 cm³/mol. The molecular formula is C32H37NO12. The van der Waals surface area contributed by atoms with Gasteiger partial charge in [0.05, 0.1) is 36.0 Å². The van der Waals surface area contributed by atoms with Crippen molar-refractivity contribution in [3.63, 3.8) is 0 Å². The maximum atomic E-state index is 13.8. The Hall–Kier alpha value is -3.43. The van der Waals surface area contributed by atoms with Crippen LogP contribution in [0.1, 0.15) is 88.1 Å². The minimum atomic E-state index is -2.24. The second-order valence-corrected chi connectivity index (χ2v) is 12.1. The normalized spacial score (nSPS) is 31.1. The highest BCUT2D eigenvalue weighted by atomic mass is 16.7. The van der Waals surface area contributed by atoms with Crippen molar-refractivity contribution in [3.8, 4) is 17.2 Å². The summed E-state index contributed by atoms with van der Waals surface area (Å²) >= 11 is 0. The van der Waals surface area contributed by atoms with E-state index in [-0.39, 0.29) is 34.4 Å². The van der Waals surface area contributed by atoms with Crippen LogP contribution in [0.4, 0.5) is 0 Å². The number of phenols is 2. The van der Waals surface area contributed by atoms with E-state index in [4.69, 9.17) is 29.4 Å². The van der Waals surface area contributed by atoms with Crippen LogP contribution in [-0.4, -0.2) is 94.5 Å². The van der Waals surface area contributed by atoms with E-state index in [0.29, 0.717) is 6.61 Å². The molecule has 45 heavy (non-hydrogen) atoms. The molecule has 13 heteroatoms. The molecule has 13 nitrogen and oxygen atoms in total. The van der Waals surface area contributed by atoms with Crippen LogP contribution in [0.15, 0.2) is 18.2 Å². The number of rotatable bonds is 7. The molecule has 2 aromatic rings. The van der Waals surface area contributed by atoms with Crippen LogP contribution in [0.3, 0.4) is 0 Å². The van der Waals surface area contributed by atoms with Crippen molar-refractivity contribution in [2.45, 2.75) is 88.0 Å². The lowest BCUT2D eigenvalue weighted by molar-refractivity contribution is -0.281. The fourth-order valence-electron chi connectivity index (χ4n) is 6.95. The van der Waals surface area contributed by atoms with Gasteiger partial charge in [-0.15, -0.1) is 0 Å². The van der Waals surface area contributed by atoms with Crippen molar-refractivity contribution in [3.05, 3.63) is 51.6 Å². The first-order valence-electron chi connectivity index (χ1n) is 15.1. The number of aromatic hydroxyl groups is 2. The zero-order valence-corrected chi connectivity index (χ0v) is 25.0. The molecule has 0 radical (unpaired) electrons. The monoisotopic (exact) mass is 627 g/mol. The molecule has 0 aromatic heterocycles. The number of ketones is 3. The van der Waals surface area contributed by atoms with Gasteiger partial charge in [0.1, 0.15) is 35.6 Å². The fourth-order valence-corrected chi connectivity index (χ4v) is 6.95. The molecule has 3 unspecified atom stereocenters. The number of hydrogen-bond donors (Lipinski definition) is 5. The molecule has 2 saturated heterocycles. The van der Waals surface area contributed by atoms with Gasteiger partial charge in [-0.2, -0.15) is 0 Å². The van der Waals surface area contributed by atoms with Crippen LogP contribution < -0.4 is 10.5 Å². The molecule has 0 saturated carbocycles. The van der Waals surface area contributed by atoms with E-state index in [1.165, 1.54) is 25.3 Å². The molecule has 0 bridgehead atoms. The highest BCUT2D eigenvalue weighted by molar-refractivity contribution is 6.31. The fraction of sp³-hybridized carbons (Fsp3) is 0.531. The SMILES string of the molecule is COc1cccc2c1C(=O)c1c(O)c3c(c(O)c1C2=O)C[C@@](O)(C(=O)CO)C[C@@H]3O[C@H]1CC(N)C(O[C@@H]2CCCCO2)C(C)O1. The molecule has 2 aliphatic carbocycles. The summed E-state index contributed by atoms with van der Waals surface area (Å²) in [4.78, 5) is 40.2. The molecule has 2 heterocycles. The first-order valence-corrected chi connectivity index (χ1v) is 15.1. The van der Waals surface area contributed by atoms with Gasteiger partial charge in [-0.05, 0) is 32.3 Å². The second-order valence-electron chi connectivity index (χ2n) is 12.1. The van der Waals surface area contributed by atoms with Gasteiger partial charge in [-0.1, -0.05) is 12.1 Å². The van der Waals surface area contributed by atoms with Crippen molar-refractivity contribution in [2.75, 3.05) is 20.3 Å². The topological polar surface area (TPSA) is 204 Å². The number of aliphatic hydroxyl groups excluding tert-OH is 1. The summed E-state index contributed by atoms with van der Waals surface area (Å²) < 4.78 is 29.5. The summed E-state index contributed by atoms with van der Waals surface area (Å²) in [5, 5.41) is 44.2. The van der Waals surface area contributed by atoms with E-state index in [1.54, 1.807) is 6.92 Å². The van der Waals surface area contributed by atoms with Crippen LogP contribution in [0.2, 0.25) is 0 Å². The van der Waals surface area contributed by atoms with E-state index in [9.17, 15) is 34.8 Å². The number of Topliss-reactive ketones (excluding diaryl/α,β-unsaturated/α-hetero) is 1. The average Bonchev–Trinajstić information content (AvgIpc) is 3.02. The molecule has 0 spiro atoms. The molecule has 2 aliphatic heterocycles. The van der Waals surface area contributed by atoms with Gasteiger partial charge >= 0.3 is 0 Å². The van der Waals surface area contributed by atoms with Crippen LogP contribution in [0.25, 0.3) is 0 Å². The summed E-state index contributed by atoms with van der Waals surface area (Å²) in [5.74, 6) is -3.67. The van der Waals surface area contributed by atoms with Crippen LogP contribution in [0, 0.1) is 0 Å². The van der Waals surface area contributed by atoms with Gasteiger partial charge in [0, 0.05) is 48.6 Å². The zero-order chi connectivity index (χ0) is 32.2. The maximum Gasteiger partial charge on any atom is 0.202 e.